The molecule has 0 aliphatic heterocycles. The van der Waals surface area contributed by atoms with Gasteiger partial charge in [-0.25, -0.2) is 0 Å². The first kappa shape index (κ1) is 15.5. The largest absolute Gasteiger partial charge is 0.398 e. The third kappa shape index (κ3) is 3.42. The van der Waals surface area contributed by atoms with E-state index < -0.39 is 0 Å². The number of rotatable bonds is 5. The Bertz CT molecular complexity index is 712. The number of anilines is 2. The van der Waals surface area contributed by atoms with Crippen molar-refractivity contribution >= 4 is 23.5 Å². The lowest BCUT2D eigenvalue weighted by Gasteiger charge is -2.09. The van der Waals surface area contributed by atoms with Gasteiger partial charge in [0.15, 0.2) is 0 Å². The molecule has 0 saturated heterocycles. The molecule has 8 N–H and O–H groups in total. The summed E-state index contributed by atoms with van der Waals surface area (Å²) < 4.78 is 0. The number of nitrogens with two attached hydrogens (primary N) is 3. The van der Waals surface area contributed by atoms with Crippen LogP contribution in [0.3, 0.4) is 0 Å². The third-order valence-electron chi connectivity index (χ3n) is 3.38. The summed E-state index contributed by atoms with van der Waals surface area (Å²) in [6.07, 6.45) is 1.19. The topological polar surface area (TPSA) is 131 Å². The minimum atomic E-state index is -0.206. The fraction of sp³-hybridized carbons (Fsp3) is 0.125. The summed E-state index contributed by atoms with van der Waals surface area (Å²) in [5, 5.41) is 10.1. The summed E-state index contributed by atoms with van der Waals surface area (Å²) in [5.41, 5.74) is 21.0. The van der Waals surface area contributed by atoms with E-state index in [1.54, 1.807) is 30.3 Å². The van der Waals surface area contributed by atoms with Crippen molar-refractivity contribution in [2.75, 3.05) is 11.5 Å². The molecule has 0 bridgehead atoms. The molecule has 0 atom stereocenters. The Morgan fingerprint density at radius 3 is 2.55 bits per heavy atom. The molecule has 0 spiro atoms. The molecule has 0 unspecified atom stereocenters. The van der Waals surface area contributed by atoms with Crippen LogP contribution in [0.15, 0.2) is 36.4 Å². The molecule has 6 heteroatoms. The van der Waals surface area contributed by atoms with E-state index in [4.69, 9.17) is 22.6 Å². The van der Waals surface area contributed by atoms with Crippen LogP contribution < -0.4 is 22.5 Å². The summed E-state index contributed by atoms with van der Waals surface area (Å²) in [6, 6.07) is 10.3. The van der Waals surface area contributed by atoms with Crippen molar-refractivity contribution in [2.45, 2.75) is 13.1 Å². The molecule has 2 aromatic carbocycles. The van der Waals surface area contributed by atoms with Gasteiger partial charge in [-0.05, 0) is 41.5 Å². The summed E-state index contributed by atoms with van der Waals surface area (Å²) in [7, 11) is 0. The van der Waals surface area contributed by atoms with Gasteiger partial charge in [0.05, 0.1) is 0 Å². The van der Waals surface area contributed by atoms with Crippen molar-refractivity contribution < 1.29 is 4.79 Å². The lowest BCUT2D eigenvalue weighted by atomic mass is 10.1. The zero-order valence-corrected chi connectivity index (χ0v) is 12.1. The molecule has 114 valence electrons. The average Bonchev–Trinajstić information content (AvgIpc) is 2.54. The molecule has 0 aliphatic rings. The Balaban J connectivity index is 2.08. The molecule has 0 saturated carbocycles. The van der Waals surface area contributed by atoms with Crippen LogP contribution in [0.2, 0.25) is 0 Å². The van der Waals surface area contributed by atoms with Gasteiger partial charge < -0.3 is 27.9 Å². The SMILES string of the molecule is N=Cc1cc(CNC(=O)c2ccc(N)c(CN)c2)ccc1N. The van der Waals surface area contributed by atoms with E-state index in [1.807, 2.05) is 6.07 Å². The van der Waals surface area contributed by atoms with Crippen molar-refractivity contribution in [2.24, 2.45) is 5.73 Å². The summed E-state index contributed by atoms with van der Waals surface area (Å²) >= 11 is 0. The second-order valence-corrected chi connectivity index (χ2v) is 4.91. The zero-order chi connectivity index (χ0) is 16.1. The quantitative estimate of drug-likeness (QED) is 0.419. The first-order chi connectivity index (χ1) is 10.5. The summed E-state index contributed by atoms with van der Waals surface area (Å²) in [6.45, 7) is 0.635. The summed E-state index contributed by atoms with van der Waals surface area (Å²) in [4.78, 5) is 12.2. The predicted octanol–water partition coefficient (Wildman–Crippen LogP) is 1.24. The van der Waals surface area contributed by atoms with Gasteiger partial charge >= 0.3 is 0 Å². The number of nitrogens with one attached hydrogen (secondary N) is 2. The highest BCUT2D eigenvalue weighted by Gasteiger charge is 2.08. The molecule has 22 heavy (non-hydrogen) atoms. The normalized spacial score (nSPS) is 10.2. The fourth-order valence-electron chi connectivity index (χ4n) is 2.07. The monoisotopic (exact) mass is 297 g/mol. The molecule has 0 aliphatic carbocycles. The average molecular weight is 297 g/mol. The minimum Gasteiger partial charge on any atom is -0.398 e. The fourth-order valence-corrected chi connectivity index (χ4v) is 2.07. The van der Waals surface area contributed by atoms with Gasteiger partial charge in [-0.1, -0.05) is 6.07 Å². The van der Waals surface area contributed by atoms with E-state index in [1.165, 1.54) is 6.21 Å². The lowest BCUT2D eigenvalue weighted by molar-refractivity contribution is 0.0951. The van der Waals surface area contributed by atoms with Gasteiger partial charge in [-0.3, -0.25) is 4.79 Å². The van der Waals surface area contributed by atoms with E-state index >= 15 is 0 Å². The Kier molecular flexibility index (Phi) is 4.75. The highest BCUT2D eigenvalue weighted by molar-refractivity contribution is 5.94. The van der Waals surface area contributed by atoms with Gasteiger partial charge in [0, 0.05) is 41.8 Å². The van der Waals surface area contributed by atoms with Gasteiger partial charge in [0.2, 0.25) is 0 Å². The van der Waals surface area contributed by atoms with Crippen LogP contribution in [0.25, 0.3) is 0 Å². The Hall–Kier alpha value is -2.86. The Morgan fingerprint density at radius 1 is 1.14 bits per heavy atom. The van der Waals surface area contributed by atoms with Crippen LogP contribution >= 0.6 is 0 Å². The first-order valence-electron chi connectivity index (χ1n) is 6.80. The molecular formula is C16H19N5O. The maximum atomic E-state index is 12.2. The number of amides is 1. The predicted molar refractivity (Wildman–Crippen MR) is 88.7 cm³/mol. The van der Waals surface area contributed by atoms with E-state index in [2.05, 4.69) is 5.32 Å². The van der Waals surface area contributed by atoms with Crippen molar-refractivity contribution in [1.29, 1.82) is 5.41 Å². The maximum Gasteiger partial charge on any atom is 0.251 e. The van der Waals surface area contributed by atoms with Crippen molar-refractivity contribution in [3.05, 3.63) is 58.7 Å². The van der Waals surface area contributed by atoms with Gasteiger partial charge in [-0.15, -0.1) is 0 Å². The second-order valence-electron chi connectivity index (χ2n) is 4.91. The van der Waals surface area contributed by atoms with Crippen LogP contribution in [-0.4, -0.2) is 12.1 Å². The Labute approximate surface area is 128 Å². The summed E-state index contributed by atoms with van der Waals surface area (Å²) in [5.74, 6) is -0.206. The number of carbonyl (C=O) groups excluding carboxylic acids is 1. The Morgan fingerprint density at radius 2 is 1.86 bits per heavy atom. The van der Waals surface area contributed by atoms with Gasteiger partial charge in [0.25, 0.3) is 5.91 Å². The number of benzene rings is 2. The molecule has 2 rings (SSSR count). The standard InChI is InChI=1S/C16H19N5O/c17-7-12-5-10(1-3-14(12)19)9-21-16(22)11-2-4-15(20)13(6-11)8-18/h1-7,17H,8-9,18-20H2,(H,21,22). The number of nitrogen functional groups attached to an aromatic ring is 2. The van der Waals surface area contributed by atoms with Gasteiger partial charge in [-0.2, -0.15) is 0 Å². The van der Waals surface area contributed by atoms with E-state index in [0.29, 0.717) is 29.0 Å². The van der Waals surface area contributed by atoms with Crippen molar-refractivity contribution in [3.8, 4) is 0 Å². The number of hydrogen-bond donors (Lipinski definition) is 5. The molecule has 0 radical (unpaired) electrons. The third-order valence-corrected chi connectivity index (χ3v) is 3.38. The van der Waals surface area contributed by atoms with Crippen LogP contribution in [0, 0.1) is 5.41 Å². The molecule has 0 heterocycles. The highest BCUT2D eigenvalue weighted by atomic mass is 16.1. The number of carbonyl (C=O) groups is 1. The minimum absolute atomic E-state index is 0.206. The molecule has 0 fully saturated rings. The first-order valence-corrected chi connectivity index (χ1v) is 6.80. The van der Waals surface area contributed by atoms with E-state index in [9.17, 15) is 4.79 Å². The number of hydrogen-bond acceptors (Lipinski definition) is 5. The smallest absolute Gasteiger partial charge is 0.251 e. The van der Waals surface area contributed by atoms with Crippen LogP contribution in [0.5, 0.6) is 0 Å². The van der Waals surface area contributed by atoms with E-state index in [-0.39, 0.29) is 12.5 Å². The van der Waals surface area contributed by atoms with Crippen LogP contribution in [0.1, 0.15) is 27.0 Å². The van der Waals surface area contributed by atoms with Crippen molar-refractivity contribution in [1.82, 2.24) is 5.32 Å². The van der Waals surface area contributed by atoms with Gasteiger partial charge in [0.1, 0.15) is 0 Å². The molecule has 6 nitrogen and oxygen atoms in total. The van der Waals surface area contributed by atoms with Crippen molar-refractivity contribution in [3.63, 3.8) is 0 Å². The molecular weight excluding hydrogens is 278 g/mol. The second kappa shape index (κ2) is 6.73. The van der Waals surface area contributed by atoms with Crippen LogP contribution in [-0.2, 0) is 13.1 Å². The molecule has 2 aromatic rings. The molecule has 1 amide bonds. The highest BCUT2D eigenvalue weighted by Crippen LogP contribution is 2.14. The van der Waals surface area contributed by atoms with Crippen LogP contribution in [0.4, 0.5) is 11.4 Å². The molecule has 0 aromatic heterocycles. The lowest BCUT2D eigenvalue weighted by Crippen LogP contribution is -2.23. The zero-order valence-electron chi connectivity index (χ0n) is 12.1. The van der Waals surface area contributed by atoms with E-state index in [0.717, 1.165) is 11.1 Å². The maximum absolute atomic E-state index is 12.2.